The fourth-order valence-electron chi connectivity index (χ4n) is 4.34. The van der Waals surface area contributed by atoms with Gasteiger partial charge in [0.05, 0.1) is 10.6 Å². The Balaban J connectivity index is 1.55. The lowest BCUT2D eigenvalue weighted by Crippen LogP contribution is -2.51. The maximum Gasteiger partial charge on any atom is 0.322 e. The molecule has 3 aromatic rings. The van der Waals surface area contributed by atoms with Crippen molar-refractivity contribution in [1.29, 1.82) is 0 Å². The van der Waals surface area contributed by atoms with Crippen molar-refractivity contribution in [1.82, 2.24) is 4.90 Å². The number of urea groups is 1. The van der Waals surface area contributed by atoms with Crippen LogP contribution in [-0.2, 0) is 14.6 Å². The summed E-state index contributed by atoms with van der Waals surface area (Å²) in [5.74, 6) is -1.18. The molecule has 1 fully saturated rings. The van der Waals surface area contributed by atoms with Gasteiger partial charge in [-0.2, -0.15) is 0 Å². The number of benzene rings is 3. The predicted molar refractivity (Wildman–Crippen MR) is 148 cm³/mol. The molecular formula is C28H29ClFN3O4S. The number of nitrogens with zero attached hydrogens (tertiary/aromatic N) is 1. The van der Waals surface area contributed by atoms with Crippen LogP contribution in [0.5, 0.6) is 0 Å². The van der Waals surface area contributed by atoms with Crippen molar-refractivity contribution in [3.8, 4) is 11.1 Å². The van der Waals surface area contributed by atoms with Gasteiger partial charge in [0.1, 0.15) is 11.4 Å². The van der Waals surface area contributed by atoms with Crippen molar-refractivity contribution in [2.75, 3.05) is 23.4 Å². The maximum absolute atomic E-state index is 15.1. The highest BCUT2D eigenvalue weighted by molar-refractivity contribution is 7.90. The summed E-state index contributed by atoms with van der Waals surface area (Å²) in [5, 5.41) is 6.01. The monoisotopic (exact) mass is 557 g/mol. The van der Waals surface area contributed by atoms with Crippen LogP contribution in [0.15, 0.2) is 71.6 Å². The number of sulfone groups is 1. The molecule has 38 heavy (non-hydrogen) atoms. The highest BCUT2D eigenvalue weighted by atomic mass is 35.5. The van der Waals surface area contributed by atoms with Crippen LogP contribution in [0.1, 0.15) is 32.6 Å². The number of anilines is 2. The van der Waals surface area contributed by atoms with Gasteiger partial charge in [0.25, 0.3) is 5.91 Å². The van der Waals surface area contributed by atoms with Gasteiger partial charge in [0.2, 0.25) is 0 Å². The summed E-state index contributed by atoms with van der Waals surface area (Å²) >= 11 is 5.93. The zero-order valence-electron chi connectivity index (χ0n) is 21.1. The average Bonchev–Trinajstić information content (AvgIpc) is 3.68. The summed E-state index contributed by atoms with van der Waals surface area (Å²) in [7, 11) is -3.53. The molecule has 0 heterocycles. The molecule has 1 aliphatic carbocycles. The van der Waals surface area contributed by atoms with Gasteiger partial charge in [-0.3, -0.25) is 4.79 Å². The number of hydrogen-bond acceptors (Lipinski definition) is 4. The maximum atomic E-state index is 15.1. The van der Waals surface area contributed by atoms with E-state index in [4.69, 9.17) is 11.6 Å². The number of nitrogens with one attached hydrogen (secondary N) is 2. The van der Waals surface area contributed by atoms with Crippen molar-refractivity contribution in [3.63, 3.8) is 0 Å². The summed E-state index contributed by atoms with van der Waals surface area (Å²) < 4.78 is 39.5. The first-order valence-corrected chi connectivity index (χ1v) is 14.6. The summed E-state index contributed by atoms with van der Waals surface area (Å²) in [5.41, 5.74) is 0.160. The summed E-state index contributed by atoms with van der Waals surface area (Å²) in [4.78, 5) is 28.2. The van der Waals surface area contributed by atoms with Crippen LogP contribution in [0.4, 0.5) is 20.6 Å². The Labute approximate surface area is 226 Å². The highest BCUT2D eigenvalue weighted by Crippen LogP contribution is 2.43. The van der Waals surface area contributed by atoms with E-state index in [1.54, 1.807) is 48.5 Å². The SMILES string of the molecule is CCCCN(C(=O)Nc1ccc(Cl)cc1)C1(C(=O)Nc2ccc(-c3ccccc3S(C)(=O)=O)cc2F)CC1. The molecule has 1 aliphatic rings. The van der Waals surface area contributed by atoms with Gasteiger partial charge in [-0.05, 0) is 67.3 Å². The Kier molecular flexibility index (Phi) is 8.08. The molecule has 0 radical (unpaired) electrons. The van der Waals surface area contributed by atoms with Crippen molar-refractivity contribution >= 4 is 44.8 Å². The third-order valence-electron chi connectivity index (χ3n) is 6.55. The van der Waals surface area contributed by atoms with Gasteiger partial charge in [-0.25, -0.2) is 17.6 Å². The zero-order valence-corrected chi connectivity index (χ0v) is 22.7. The van der Waals surface area contributed by atoms with Crippen LogP contribution < -0.4 is 10.6 Å². The van der Waals surface area contributed by atoms with Gasteiger partial charge < -0.3 is 15.5 Å². The van der Waals surface area contributed by atoms with Crippen LogP contribution in [-0.4, -0.2) is 43.6 Å². The number of carbonyl (C=O) groups is 2. The molecule has 1 saturated carbocycles. The standard InChI is InChI=1S/C28H29ClFN3O4S/c1-3-4-17-33(27(35)31-21-12-10-20(29)11-13-21)28(15-16-28)26(34)32-24-14-9-19(18-23(24)30)22-7-5-6-8-25(22)38(2,36)37/h5-14,18H,3-4,15-17H2,1-2H3,(H,31,35)(H,32,34). The summed E-state index contributed by atoms with van der Waals surface area (Å²) in [6.45, 7) is 2.36. The minimum atomic E-state index is -3.53. The van der Waals surface area contributed by atoms with E-state index in [0.717, 1.165) is 12.7 Å². The average molecular weight is 558 g/mol. The zero-order chi connectivity index (χ0) is 27.5. The van der Waals surface area contributed by atoms with Crippen molar-refractivity contribution < 1.29 is 22.4 Å². The van der Waals surface area contributed by atoms with E-state index in [9.17, 15) is 18.0 Å². The molecule has 0 aliphatic heterocycles. The lowest BCUT2D eigenvalue weighted by atomic mass is 10.0. The Morgan fingerprint density at radius 1 is 1.03 bits per heavy atom. The van der Waals surface area contributed by atoms with E-state index in [-0.39, 0.29) is 10.6 Å². The highest BCUT2D eigenvalue weighted by Gasteiger charge is 2.56. The van der Waals surface area contributed by atoms with Crippen LogP contribution in [0.2, 0.25) is 5.02 Å². The van der Waals surface area contributed by atoms with Gasteiger partial charge in [0.15, 0.2) is 9.84 Å². The number of rotatable bonds is 9. The molecule has 200 valence electrons. The van der Waals surface area contributed by atoms with E-state index in [0.29, 0.717) is 47.6 Å². The number of unbranched alkanes of at least 4 members (excludes halogenated alkanes) is 1. The van der Waals surface area contributed by atoms with Crippen LogP contribution in [0.25, 0.3) is 11.1 Å². The molecule has 0 aromatic heterocycles. The summed E-state index contributed by atoms with van der Waals surface area (Å²) in [6.07, 6.45) is 3.54. The van der Waals surface area contributed by atoms with Crippen LogP contribution in [0.3, 0.4) is 0 Å². The molecule has 2 N–H and O–H groups in total. The largest absolute Gasteiger partial charge is 0.322 e. The van der Waals surface area contributed by atoms with E-state index in [1.807, 2.05) is 6.92 Å². The molecule has 7 nitrogen and oxygen atoms in total. The van der Waals surface area contributed by atoms with E-state index < -0.39 is 33.1 Å². The lowest BCUT2D eigenvalue weighted by Gasteiger charge is -2.31. The Morgan fingerprint density at radius 2 is 1.71 bits per heavy atom. The number of carbonyl (C=O) groups excluding carboxylic acids is 2. The molecule has 10 heteroatoms. The molecule has 0 atom stereocenters. The Bertz CT molecular complexity index is 1460. The fraction of sp³-hybridized carbons (Fsp3) is 0.286. The second-order valence-corrected chi connectivity index (χ2v) is 11.8. The van der Waals surface area contributed by atoms with Crippen molar-refractivity contribution in [2.45, 2.75) is 43.0 Å². The van der Waals surface area contributed by atoms with Gasteiger partial charge in [0, 0.05) is 29.1 Å². The number of amides is 3. The smallest absolute Gasteiger partial charge is 0.322 e. The number of hydrogen-bond donors (Lipinski definition) is 2. The van der Waals surface area contributed by atoms with E-state index >= 15 is 4.39 Å². The topological polar surface area (TPSA) is 95.6 Å². The second-order valence-electron chi connectivity index (χ2n) is 9.39. The van der Waals surface area contributed by atoms with Gasteiger partial charge in [-0.15, -0.1) is 0 Å². The fourth-order valence-corrected chi connectivity index (χ4v) is 5.38. The molecular weight excluding hydrogens is 529 g/mol. The first kappa shape index (κ1) is 27.6. The third kappa shape index (κ3) is 6.00. The van der Waals surface area contributed by atoms with E-state index in [1.165, 1.54) is 23.1 Å². The molecule has 3 amide bonds. The number of halogens is 2. The minimum absolute atomic E-state index is 0.0459. The van der Waals surface area contributed by atoms with Crippen LogP contribution >= 0.6 is 11.6 Å². The molecule has 4 rings (SSSR count). The normalized spacial score (nSPS) is 14.0. The molecule has 0 bridgehead atoms. The second kappa shape index (κ2) is 11.1. The Hall–Kier alpha value is -3.43. The predicted octanol–water partition coefficient (Wildman–Crippen LogP) is 6.35. The van der Waals surface area contributed by atoms with Gasteiger partial charge >= 0.3 is 6.03 Å². The molecule has 3 aromatic carbocycles. The third-order valence-corrected chi connectivity index (χ3v) is 7.96. The molecule has 0 unspecified atom stereocenters. The van der Waals surface area contributed by atoms with Crippen molar-refractivity contribution in [3.05, 3.63) is 77.6 Å². The molecule has 0 saturated heterocycles. The summed E-state index contributed by atoms with van der Waals surface area (Å²) in [6, 6.07) is 16.8. The van der Waals surface area contributed by atoms with E-state index in [2.05, 4.69) is 10.6 Å². The minimum Gasteiger partial charge on any atom is -0.322 e. The quantitative estimate of drug-likeness (QED) is 0.320. The first-order valence-electron chi connectivity index (χ1n) is 12.3. The Morgan fingerprint density at radius 3 is 2.32 bits per heavy atom. The lowest BCUT2D eigenvalue weighted by molar-refractivity contribution is -0.121. The van der Waals surface area contributed by atoms with Crippen molar-refractivity contribution in [2.24, 2.45) is 0 Å². The molecule has 0 spiro atoms. The first-order chi connectivity index (χ1) is 18.0. The van der Waals surface area contributed by atoms with Gasteiger partial charge in [-0.1, -0.05) is 49.2 Å². The van der Waals surface area contributed by atoms with Crippen LogP contribution in [0, 0.1) is 5.82 Å².